The van der Waals surface area contributed by atoms with Gasteiger partial charge in [-0.3, -0.25) is 14.5 Å². The van der Waals surface area contributed by atoms with Crippen LogP contribution in [0.4, 0.5) is 9.93 Å². The van der Waals surface area contributed by atoms with Crippen LogP contribution in [0, 0.1) is 5.92 Å². The number of amides is 4. The molecule has 4 amide bonds. The fourth-order valence-corrected chi connectivity index (χ4v) is 5.28. The molecule has 1 unspecified atom stereocenters. The van der Waals surface area contributed by atoms with E-state index >= 15 is 0 Å². The number of anilines is 1. The lowest BCUT2D eigenvalue weighted by molar-refractivity contribution is -0.134. The molecule has 3 heterocycles. The Morgan fingerprint density at radius 3 is 2.81 bits per heavy atom. The molecule has 1 atom stereocenters. The van der Waals surface area contributed by atoms with Gasteiger partial charge in [0.15, 0.2) is 5.13 Å². The van der Waals surface area contributed by atoms with E-state index in [2.05, 4.69) is 15.6 Å². The zero-order chi connectivity index (χ0) is 19.3. The maximum atomic E-state index is 12.6. The average Bonchev–Trinajstić information content (AvgIpc) is 3.23. The van der Waals surface area contributed by atoms with Crippen LogP contribution in [0.3, 0.4) is 0 Å². The Morgan fingerprint density at radius 1 is 1.44 bits per heavy atom. The SMILES string of the molecule is CC1(C2CC2)NC(=O)N(CC(=O)Nc2nc(-c3cc(Cl)sc3Cl)cs2)C1=O. The Kier molecular flexibility index (Phi) is 4.66. The predicted octanol–water partition coefficient (Wildman–Crippen LogP) is 3.84. The second-order valence-corrected chi connectivity index (χ2v) is 9.77. The minimum absolute atomic E-state index is 0.144. The quantitative estimate of drug-likeness (QED) is 0.685. The smallest absolute Gasteiger partial charge is 0.323 e. The molecule has 2 N–H and O–H groups in total. The molecule has 27 heavy (non-hydrogen) atoms. The van der Waals surface area contributed by atoms with E-state index < -0.39 is 17.5 Å². The molecule has 7 nitrogen and oxygen atoms in total. The van der Waals surface area contributed by atoms with Gasteiger partial charge in [0.25, 0.3) is 5.91 Å². The Morgan fingerprint density at radius 2 is 2.19 bits per heavy atom. The predicted molar refractivity (Wildman–Crippen MR) is 105 cm³/mol. The van der Waals surface area contributed by atoms with Crippen molar-refractivity contribution in [2.45, 2.75) is 25.3 Å². The van der Waals surface area contributed by atoms with Gasteiger partial charge in [-0.15, -0.1) is 22.7 Å². The summed E-state index contributed by atoms with van der Waals surface area (Å²) in [5.74, 6) is -0.704. The van der Waals surface area contributed by atoms with Gasteiger partial charge >= 0.3 is 6.03 Å². The number of thiophene rings is 1. The molecule has 2 aromatic heterocycles. The van der Waals surface area contributed by atoms with Gasteiger partial charge in [-0.25, -0.2) is 9.78 Å². The minimum Gasteiger partial charge on any atom is -0.323 e. The summed E-state index contributed by atoms with van der Waals surface area (Å²) in [6, 6.07) is 1.17. The minimum atomic E-state index is -0.902. The first-order valence-corrected chi connectivity index (χ1v) is 10.6. The molecule has 2 aliphatic rings. The molecule has 0 aromatic carbocycles. The van der Waals surface area contributed by atoms with Gasteiger partial charge < -0.3 is 10.6 Å². The average molecular weight is 445 g/mol. The number of nitrogens with zero attached hydrogens (tertiary/aromatic N) is 2. The second-order valence-electron chi connectivity index (χ2n) is 6.62. The number of rotatable bonds is 5. The number of carbonyl (C=O) groups is 3. The van der Waals surface area contributed by atoms with Crippen LogP contribution in [0.15, 0.2) is 11.4 Å². The number of hydrogen-bond acceptors (Lipinski definition) is 6. The molecule has 1 saturated carbocycles. The van der Waals surface area contributed by atoms with Crippen molar-refractivity contribution in [3.05, 3.63) is 20.1 Å². The van der Waals surface area contributed by atoms with E-state index in [1.165, 1.54) is 22.7 Å². The summed E-state index contributed by atoms with van der Waals surface area (Å²) in [6.07, 6.45) is 1.80. The lowest BCUT2D eigenvalue weighted by Gasteiger charge is -2.20. The van der Waals surface area contributed by atoms with Crippen LogP contribution < -0.4 is 10.6 Å². The maximum Gasteiger partial charge on any atom is 0.325 e. The number of nitrogens with one attached hydrogen (secondary N) is 2. The van der Waals surface area contributed by atoms with Crippen LogP contribution in [0.25, 0.3) is 11.3 Å². The first-order chi connectivity index (χ1) is 12.8. The van der Waals surface area contributed by atoms with Crippen LogP contribution in [0.5, 0.6) is 0 Å². The van der Waals surface area contributed by atoms with Crippen molar-refractivity contribution in [2.75, 3.05) is 11.9 Å². The Balaban J connectivity index is 1.42. The molecule has 0 radical (unpaired) electrons. The van der Waals surface area contributed by atoms with Gasteiger partial charge in [0.2, 0.25) is 5.91 Å². The molecule has 0 bridgehead atoms. The van der Waals surface area contributed by atoms with Crippen molar-refractivity contribution >= 4 is 68.9 Å². The number of hydrogen-bond donors (Lipinski definition) is 2. The monoisotopic (exact) mass is 444 g/mol. The number of urea groups is 1. The van der Waals surface area contributed by atoms with Crippen LogP contribution in [-0.2, 0) is 9.59 Å². The molecular weight excluding hydrogens is 431 g/mol. The fourth-order valence-electron chi connectivity index (χ4n) is 3.07. The molecule has 11 heteroatoms. The Labute approximate surface area is 172 Å². The highest BCUT2D eigenvalue weighted by Gasteiger charge is 2.56. The second kappa shape index (κ2) is 6.73. The van der Waals surface area contributed by atoms with Crippen molar-refractivity contribution in [3.8, 4) is 11.3 Å². The molecule has 1 aliphatic carbocycles. The molecule has 142 valence electrons. The molecule has 0 spiro atoms. The van der Waals surface area contributed by atoms with Gasteiger partial charge in [-0.2, -0.15) is 0 Å². The summed E-state index contributed by atoms with van der Waals surface area (Å²) in [4.78, 5) is 42.3. The van der Waals surface area contributed by atoms with E-state index in [-0.39, 0.29) is 18.4 Å². The zero-order valence-corrected chi connectivity index (χ0v) is 17.2. The Hall–Kier alpha value is -1.68. The van der Waals surface area contributed by atoms with E-state index in [1.54, 1.807) is 18.4 Å². The number of carbonyl (C=O) groups excluding carboxylic acids is 3. The van der Waals surface area contributed by atoms with Gasteiger partial charge in [-0.1, -0.05) is 23.2 Å². The van der Waals surface area contributed by atoms with Gasteiger partial charge in [0.05, 0.1) is 10.0 Å². The van der Waals surface area contributed by atoms with Crippen LogP contribution in [0.1, 0.15) is 19.8 Å². The van der Waals surface area contributed by atoms with E-state index in [4.69, 9.17) is 23.2 Å². The summed E-state index contributed by atoms with van der Waals surface area (Å²) in [6.45, 7) is 1.36. The molecule has 2 aromatic rings. The number of imide groups is 1. The van der Waals surface area contributed by atoms with Gasteiger partial charge in [0, 0.05) is 10.9 Å². The molecular formula is C16H14Cl2N4O3S2. The van der Waals surface area contributed by atoms with E-state index in [9.17, 15) is 14.4 Å². The van der Waals surface area contributed by atoms with Crippen molar-refractivity contribution in [1.29, 1.82) is 0 Å². The van der Waals surface area contributed by atoms with E-state index in [1.807, 2.05) is 0 Å². The summed E-state index contributed by atoms with van der Waals surface area (Å²) in [5, 5.41) is 7.43. The zero-order valence-electron chi connectivity index (χ0n) is 14.0. The molecule has 2 fully saturated rings. The number of thiazole rings is 1. The highest BCUT2D eigenvalue weighted by atomic mass is 35.5. The maximum absolute atomic E-state index is 12.6. The van der Waals surface area contributed by atoms with E-state index in [0.717, 1.165) is 17.7 Å². The first-order valence-electron chi connectivity index (χ1n) is 8.12. The van der Waals surface area contributed by atoms with Crippen molar-refractivity contribution in [1.82, 2.24) is 15.2 Å². The van der Waals surface area contributed by atoms with Crippen LogP contribution >= 0.6 is 45.9 Å². The first kappa shape index (κ1) is 18.7. The highest BCUT2D eigenvalue weighted by molar-refractivity contribution is 7.20. The third kappa shape index (κ3) is 3.44. The largest absolute Gasteiger partial charge is 0.325 e. The van der Waals surface area contributed by atoms with Crippen LogP contribution in [-0.4, -0.2) is 39.8 Å². The summed E-state index contributed by atoms with van der Waals surface area (Å²) >= 11 is 14.5. The standard InChI is InChI=1S/C16H14Cl2N4O3S2/c1-16(7-2-3-7)13(24)22(15(25)21-16)5-11(23)20-14-19-9(6-26-14)8-4-10(17)27-12(8)18/h4,6-7H,2-3,5H2,1H3,(H,21,25)(H,19,20,23). The third-order valence-electron chi connectivity index (χ3n) is 4.68. The summed E-state index contributed by atoms with van der Waals surface area (Å²) < 4.78 is 1.06. The summed E-state index contributed by atoms with van der Waals surface area (Å²) in [7, 11) is 0. The van der Waals surface area contributed by atoms with Crippen molar-refractivity contribution < 1.29 is 14.4 Å². The van der Waals surface area contributed by atoms with Crippen molar-refractivity contribution in [2.24, 2.45) is 5.92 Å². The van der Waals surface area contributed by atoms with Gasteiger partial charge in [-0.05, 0) is 31.7 Å². The number of aromatic nitrogens is 1. The third-order valence-corrected chi connectivity index (χ3v) is 6.93. The summed E-state index contributed by atoms with van der Waals surface area (Å²) in [5.41, 5.74) is 0.387. The highest BCUT2D eigenvalue weighted by Crippen LogP contribution is 2.42. The molecule has 1 aliphatic heterocycles. The fraction of sp³-hybridized carbons (Fsp3) is 0.375. The van der Waals surface area contributed by atoms with Gasteiger partial charge in [0.1, 0.15) is 16.4 Å². The van der Waals surface area contributed by atoms with Crippen LogP contribution in [0.2, 0.25) is 8.67 Å². The number of halogens is 2. The topological polar surface area (TPSA) is 91.4 Å². The van der Waals surface area contributed by atoms with Crippen molar-refractivity contribution in [3.63, 3.8) is 0 Å². The van der Waals surface area contributed by atoms with E-state index in [0.29, 0.717) is 25.1 Å². The normalized spacial score (nSPS) is 22.3. The Bertz CT molecular complexity index is 955. The molecule has 4 rings (SSSR count). The lowest BCUT2D eigenvalue weighted by Crippen LogP contribution is -2.46. The lowest BCUT2D eigenvalue weighted by atomic mass is 9.96. The molecule has 1 saturated heterocycles.